The Labute approximate surface area is 120 Å². The van der Waals surface area contributed by atoms with Crippen molar-refractivity contribution in [2.24, 2.45) is 0 Å². The van der Waals surface area contributed by atoms with Gasteiger partial charge >= 0.3 is 0 Å². The van der Waals surface area contributed by atoms with Crippen molar-refractivity contribution in [3.63, 3.8) is 0 Å². The van der Waals surface area contributed by atoms with Crippen LogP contribution in [0.25, 0.3) is 11.3 Å². The van der Waals surface area contributed by atoms with Crippen molar-refractivity contribution in [2.45, 2.75) is 19.9 Å². The molecule has 0 aliphatic heterocycles. The summed E-state index contributed by atoms with van der Waals surface area (Å²) in [4.78, 5) is 0. The minimum absolute atomic E-state index is 0.0149. The third-order valence-corrected chi connectivity index (χ3v) is 3.24. The first-order valence-electron chi connectivity index (χ1n) is 5.92. The normalized spacial score (nSPS) is 10.9. The van der Waals surface area contributed by atoms with Gasteiger partial charge in [-0.15, -0.1) is 0 Å². The van der Waals surface area contributed by atoms with Crippen LogP contribution in [-0.2, 0) is 6.54 Å². The Morgan fingerprint density at radius 3 is 2.84 bits per heavy atom. The summed E-state index contributed by atoms with van der Waals surface area (Å²) in [5, 5.41) is 7.29. The monoisotopic (exact) mass is 302 g/mol. The fourth-order valence-corrected chi connectivity index (χ4v) is 2.17. The molecule has 0 radical (unpaired) electrons. The van der Waals surface area contributed by atoms with Crippen molar-refractivity contribution in [1.82, 2.24) is 10.5 Å². The highest BCUT2D eigenvalue weighted by Gasteiger charge is 2.16. The summed E-state index contributed by atoms with van der Waals surface area (Å²) in [6.45, 7) is 3.55. The number of hydrogen-bond donors (Lipinski definition) is 1. The van der Waals surface area contributed by atoms with E-state index in [0.29, 0.717) is 22.9 Å². The third kappa shape index (κ3) is 3.26. The largest absolute Gasteiger partial charge is 0.356 e. The van der Waals surface area contributed by atoms with Crippen LogP contribution in [0.4, 0.5) is 4.39 Å². The lowest BCUT2D eigenvalue weighted by Gasteiger charge is -2.06. The quantitative estimate of drug-likeness (QED) is 0.661. The molecule has 1 aromatic carbocycles. The van der Waals surface area contributed by atoms with Crippen LogP contribution in [-0.4, -0.2) is 11.7 Å². The van der Waals surface area contributed by atoms with Gasteiger partial charge in [-0.2, -0.15) is 0 Å². The van der Waals surface area contributed by atoms with Crippen molar-refractivity contribution in [1.29, 1.82) is 0 Å². The average molecular weight is 303 g/mol. The van der Waals surface area contributed by atoms with Crippen molar-refractivity contribution < 1.29 is 8.91 Å². The Morgan fingerprint density at radius 1 is 1.32 bits per heavy atom. The van der Waals surface area contributed by atoms with E-state index in [1.54, 1.807) is 6.20 Å². The molecule has 0 unspecified atom stereocenters. The summed E-state index contributed by atoms with van der Waals surface area (Å²) in [5.74, 6) is -0.0749. The van der Waals surface area contributed by atoms with Crippen LogP contribution in [0.2, 0.25) is 10.0 Å². The maximum atomic E-state index is 13.5. The van der Waals surface area contributed by atoms with Crippen LogP contribution in [0.3, 0.4) is 0 Å². The molecule has 1 heterocycles. The Kier molecular flexibility index (Phi) is 4.80. The van der Waals surface area contributed by atoms with Crippen LogP contribution < -0.4 is 5.32 Å². The SMILES string of the molecule is CCCNCc1cnoc1-c1cc(F)c(Cl)cc1Cl. The molecular formula is C13H13Cl2FN2O. The van der Waals surface area contributed by atoms with Gasteiger partial charge in [-0.3, -0.25) is 0 Å². The van der Waals surface area contributed by atoms with Crippen molar-refractivity contribution in [3.05, 3.63) is 39.8 Å². The molecule has 0 aliphatic carbocycles. The highest BCUT2D eigenvalue weighted by Crippen LogP contribution is 2.34. The predicted octanol–water partition coefficient (Wildman–Crippen LogP) is 4.29. The molecule has 102 valence electrons. The Bertz CT molecular complexity index is 572. The fraction of sp³-hybridized carbons (Fsp3) is 0.308. The van der Waals surface area contributed by atoms with Crippen molar-refractivity contribution in [2.75, 3.05) is 6.54 Å². The van der Waals surface area contributed by atoms with Gasteiger partial charge in [-0.1, -0.05) is 35.3 Å². The van der Waals surface area contributed by atoms with Gasteiger partial charge < -0.3 is 9.84 Å². The second kappa shape index (κ2) is 6.37. The van der Waals surface area contributed by atoms with E-state index in [9.17, 15) is 4.39 Å². The summed E-state index contributed by atoms with van der Waals surface area (Å²) in [7, 11) is 0. The Morgan fingerprint density at radius 2 is 2.11 bits per heavy atom. The molecule has 0 fully saturated rings. The average Bonchev–Trinajstić information content (AvgIpc) is 2.82. The number of nitrogens with zero attached hydrogens (tertiary/aromatic N) is 1. The molecule has 0 spiro atoms. The Balaban J connectivity index is 2.32. The Hall–Kier alpha value is -1.10. The highest BCUT2D eigenvalue weighted by molar-refractivity contribution is 6.36. The van der Waals surface area contributed by atoms with E-state index < -0.39 is 5.82 Å². The van der Waals surface area contributed by atoms with Crippen molar-refractivity contribution in [3.8, 4) is 11.3 Å². The van der Waals surface area contributed by atoms with Crippen LogP contribution in [0.1, 0.15) is 18.9 Å². The molecule has 2 rings (SSSR count). The molecule has 6 heteroatoms. The zero-order valence-electron chi connectivity index (χ0n) is 10.3. The van der Waals surface area contributed by atoms with E-state index in [0.717, 1.165) is 18.5 Å². The molecule has 0 atom stereocenters. The lowest BCUT2D eigenvalue weighted by atomic mass is 10.1. The van der Waals surface area contributed by atoms with Gasteiger partial charge in [-0.25, -0.2) is 4.39 Å². The molecule has 2 aromatic rings. The standard InChI is InChI=1S/C13H13Cl2FN2O/c1-2-3-17-6-8-7-18-19-13(8)9-4-12(16)11(15)5-10(9)14/h4-5,7,17H,2-3,6H2,1H3. The number of halogens is 3. The van der Waals surface area contributed by atoms with Crippen LogP contribution in [0, 0.1) is 5.82 Å². The number of aromatic nitrogens is 1. The maximum Gasteiger partial charge on any atom is 0.172 e. The molecule has 3 nitrogen and oxygen atoms in total. The minimum atomic E-state index is -0.537. The second-order valence-corrected chi connectivity index (χ2v) is 4.92. The number of hydrogen-bond acceptors (Lipinski definition) is 3. The molecule has 0 aliphatic rings. The summed E-state index contributed by atoms with van der Waals surface area (Å²) in [6.07, 6.45) is 2.62. The van der Waals surface area contributed by atoms with Gasteiger partial charge in [-0.05, 0) is 25.1 Å². The lowest BCUT2D eigenvalue weighted by Crippen LogP contribution is -2.13. The summed E-state index contributed by atoms with van der Waals surface area (Å²) >= 11 is 11.7. The van der Waals surface area contributed by atoms with Gasteiger partial charge in [0.1, 0.15) is 5.82 Å². The molecule has 0 bridgehead atoms. The lowest BCUT2D eigenvalue weighted by molar-refractivity contribution is 0.431. The van der Waals surface area contributed by atoms with Crippen LogP contribution >= 0.6 is 23.2 Å². The minimum Gasteiger partial charge on any atom is -0.356 e. The summed E-state index contributed by atoms with van der Waals surface area (Å²) < 4.78 is 18.7. The number of benzene rings is 1. The number of nitrogens with one attached hydrogen (secondary N) is 1. The zero-order chi connectivity index (χ0) is 13.8. The third-order valence-electron chi connectivity index (χ3n) is 2.64. The van der Waals surface area contributed by atoms with Crippen LogP contribution in [0.5, 0.6) is 0 Å². The first-order valence-corrected chi connectivity index (χ1v) is 6.68. The van der Waals surface area contributed by atoms with E-state index in [1.165, 1.54) is 12.1 Å². The highest BCUT2D eigenvalue weighted by atomic mass is 35.5. The fourth-order valence-electron chi connectivity index (χ4n) is 1.70. The molecule has 0 saturated heterocycles. The topological polar surface area (TPSA) is 38.1 Å². The van der Waals surface area contributed by atoms with Gasteiger partial charge in [0.25, 0.3) is 0 Å². The molecule has 1 N–H and O–H groups in total. The van der Waals surface area contributed by atoms with E-state index in [4.69, 9.17) is 27.7 Å². The van der Waals surface area contributed by atoms with Crippen LogP contribution in [0.15, 0.2) is 22.9 Å². The van der Waals surface area contributed by atoms with E-state index in [-0.39, 0.29) is 5.02 Å². The summed E-state index contributed by atoms with van der Waals surface area (Å²) in [5.41, 5.74) is 1.28. The van der Waals surface area contributed by atoms with Gasteiger partial charge in [0.2, 0.25) is 0 Å². The zero-order valence-corrected chi connectivity index (χ0v) is 11.9. The molecular weight excluding hydrogens is 290 g/mol. The van der Waals surface area contributed by atoms with Gasteiger partial charge in [0.15, 0.2) is 5.76 Å². The van der Waals surface area contributed by atoms with Gasteiger partial charge in [0.05, 0.1) is 16.2 Å². The molecule has 19 heavy (non-hydrogen) atoms. The molecule has 1 aromatic heterocycles. The number of rotatable bonds is 5. The molecule has 0 amide bonds. The maximum absolute atomic E-state index is 13.5. The second-order valence-electron chi connectivity index (χ2n) is 4.10. The van der Waals surface area contributed by atoms with E-state index in [2.05, 4.69) is 17.4 Å². The first kappa shape index (κ1) is 14.3. The first-order chi connectivity index (χ1) is 9.13. The van der Waals surface area contributed by atoms with Crippen molar-refractivity contribution >= 4 is 23.2 Å². The smallest absolute Gasteiger partial charge is 0.172 e. The van der Waals surface area contributed by atoms with E-state index in [1.807, 2.05) is 0 Å². The molecule has 0 saturated carbocycles. The summed E-state index contributed by atoms with van der Waals surface area (Å²) in [6, 6.07) is 2.62. The predicted molar refractivity (Wildman–Crippen MR) is 73.9 cm³/mol. The van der Waals surface area contributed by atoms with E-state index >= 15 is 0 Å². The van der Waals surface area contributed by atoms with Gasteiger partial charge in [0, 0.05) is 17.7 Å².